The van der Waals surface area contributed by atoms with Gasteiger partial charge in [-0.2, -0.15) is 13.2 Å². The zero-order chi connectivity index (χ0) is 20.9. The lowest BCUT2D eigenvalue weighted by Gasteiger charge is -2.30. The number of hydrogen-bond acceptors (Lipinski definition) is 4. The Morgan fingerprint density at radius 2 is 2.00 bits per heavy atom. The topological polar surface area (TPSA) is 74.3 Å². The third-order valence-corrected chi connectivity index (χ3v) is 5.34. The molecule has 152 valence electrons. The predicted molar refractivity (Wildman–Crippen MR) is 102 cm³/mol. The number of nitrogens with zero attached hydrogens (tertiary/aromatic N) is 2. The van der Waals surface area contributed by atoms with Gasteiger partial charge in [0.1, 0.15) is 11.9 Å². The number of para-hydroxylation sites is 1. The van der Waals surface area contributed by atoms with E-state index in [1.54, 1.807) is 18.2 Å². The van der Waals surface area contributed by atoms with E-state index in [1.165, 1.54) is 6.92 Å². The molecule has 2 N–H and O–H groups in total. The van der Waals surface area contributed by atoms with Crippen LogP contribution in [0.2, 0.25) is 5.02 Å². The Hall–Kier alpha value is -2.81. The zero-order valence-electron chi connectivity index (χ0n) is 15.2. The molecular formula is C19H16ClF3N4O2. The van der Waals surface area contributed by atoms with Gasteiger partial charge in [-0.3, -0.25) is 14.5 Å². The lowest BCUT2D eigenvalue weighted by molar-refractivity contribution is -0.137. The van der Waals surface area contributed by atoms with Crippen molar-refractivity contribution in [2.24, 2.45) is 5.92 Å². The second-order valence-electron chi connectivity index (χ2n) is 7.06. The monoisotopic (exact) mass is 424 g/mol. The van der Waals surface area contributed by atoms with Crippen LogP contribution in [0.3, 0.4) is 0 Å². The minimum atomic E-state index is -4.59. The number of halogens is 4. The maximum Gasteiger partial charge on any atom is 0.416 e. The summed E-state index contributed by atoms with van der Waals surface area (Å²) in [5.41, 5.74) is 0.165. The van der Waals surface area contributed by atoms with Gasteiger partial charge in [-0.05, 0) is 31.2 Å². The van der Waals surface area contributed by atoms with Crippen molar-refractivity contribution < 1.29 is 22.8 Å². The average Bonchev–Trinajstić information content (AvgIpc) is 2.94. The molecule has 2 aliphatic heterocycles. The van der Waals surface area contributed by atoms with E-state index in [0.717, 1.165) is 17.0 Å². The summed E-state index contributed by atoms with van der Waals surface area (Å²) in [5.74, 6) is -1.59. The third kappa shape index (κ3) is 3.50. The summed E-state index contributed by atoms with van der Waals surface area (Å²) in [6.45, 7) is 1.67. The van der Waals surface area contributed by atoms with Crippen LogP contribution >= 0.6 is 11.6 Å². The van der Waals surface area contributed by atoms with Gasteiger partial charge in [0.25, 0.3) is 0 Å². The largest absolute Gasteiger partial charge is 0.416 e. The highest BCUT2D eigenvalue weighted by Crippen LogP contribution is 2.38. The van der Waals surface area contributed by atoms with Crippen molar-refractivity contribution in [3.63, 3.8) is 0 Å². The van der Waals surface area contributed by atoms with Crippen molar-refractivity contribution >= 4 is 40.6 Å². The number of carbonyl (C=O) groups excluding carboxylic acids is 2. The number of benzene rings is 1. The maximum atomic E-state index is 13.2. The van der Waals surface area contributed by atoms with Crippen LogP contribution in [0, 0.1) is 12.8 Å². The van der Waals surface area contributed by atoms with Crippen LogP contribution in [0.25, 0.3) is 0 Å². The SMILES string of the molecule is Cc1cc(C(F)(F)F)cc(N2C(=O)C[C@@H]3CNc4c(Cl)cccc4NC(=O)[C@H]32)n1. The molecule has 0 unspecified atom stereocenters. The normalized spacial score (nSPS) is 21.6. The molecule has 3 heterocycles. The molecule has 0 aliphatic carbocycles. The average molecular weight is 425 g/mol. The molecule has 6 nitrogen and oxygen atoms in total. The minimum Gasteiger partial charge on any atom is -0.382 e. The lowest BCUT2D eigenvalue weighted by atomic mass is 9.97. The minimum absolute atomic E-state index is 0.00183. The van der Waals surface area contributed by atoms with Gasteiger partial charge in [-0.25, -0.2) is 4.98 Å². The molecule has 29 heavy (non-hydrogen) atoms. The summed E-state index contributed by atoms with van der Waals surface area (Å²) < 4.78 is 39.7. The van der Waals surface area contributed by atoms with Gasteiger partial charge < -0.3 is 10.6 Å². The van der Waals surface area contributed by atoms with Crippen LogP contribution < -0.4 is 15.5 Å². The Morgan fingerprint density at radius 1 is 1.24 bits per heavy atom. The number of pyridine rings is 1. The fourth-order valence-corrected chi connectivity index (χ4v) is 4.01. The molecule has 1 aromatic carbocycles. The summed E-state index contributed by atoms with van der Waals surface area (Å²) in [4.78, 5) is 30.9. The molecule has 10 heteroatoms. The Kier molecular flexibility index (Phi) is 4.65. The molecule has 1 saturated heterocycles. The lowest BCUT2D eigenvalue weighted by Crippen LogP contribution is -2.47. The van der Waals surface area contributed by atoms with E-state index in [-0.39, 0.29) is 24.5 Å². The van der Waals surface area contributed by atoms with E-state index in [9.17, 15) is 22.8 Å². The fraction of sp³-hybridized carbons (Fsp3) is 0.316. The standard InChI is InChI=1S/C19H16ClF3N4O2/c1-9-5-11(19(21,22)23)7-14(25-9)27-15(28)6-10-8-24-16-12(20)3-2-4-13(16)26-18(29)17(10)27/h2-5,7,10,17,24H,6,8H2,1H3,(H,26,29)/t10-,17+/m1/s1. The van der Waals surface area contributed by atoms with Crippen molar-refractivity contribution in [1.82, 2.24) is 4.98 Å². The number of aryl methyl sites for hydroxylation is 1. The van der Waals surface area contributed by atoms with Crippen LogP contribution in [0.1, 0.15) is 17.7 Å². The van der Waals surface area contributed by atoms with E-state index in [0.29, 0.717) is 16.4 Å². The number of alkyl halides is 3. The number of anilines is 3. The molecule has 4 rings (SSSR count). The van der Waals surface area contributed by atoms with Crippen LogP contribution in [-0.2, 0) is 15.8 Å². The summed E-state index contributed by atoms with van der Waals surface area (Å²) in [6, 6.07) is 5.70. The first-order valence-corrected chi connectivity index (χ1v) is 9.24. The molecule has 1 aromatic heterocycles. The van der Waals surface area contributed by atoms with E-state index in [4.69, 9.17) is 11.6 Å². The highest BCUT2D eigenvalue weighted by atomic mass is 35.5. The Labute approximate surface area is 169 Å². The van der Waals surface area contributed by atoms with Gasteiger partial charge >= 0.3 is 6.18 Å². The van der Waals surface area contributed by atoms with Gasteiger partial charge in [0.05, 0.1) is 22.0 Å². The van der Waals surface area contributed by atoms with Crippen LogP contribution in [0.5, 0.6) is 0 Å². The number of fused-ring (bicyclic) bond motifs is 2. The molecule has 0 radical (unpaired) electrons. The zero-order valence-corrected chi connectivity index (χ0v) is 15.9. The Bertz CT molecular complexity index is 1010. The van der Waals surface area contributed by atoms with Gasteiger partial charge in [0, 0.05) is 24.6 Å². The van der Waals surface area contributed by atoms with Crippen molar-refractivity contribution in [3.8, 4) is 0 Å². The number of hydrogen-bond donors (Lipinski definition) is 2. The quantitative estimate of drug-likeness (QED) is 0.729. The molecule has 0 spiro atoms. The first kappa shape index (κ1) is 19.5. The number of rotatable bonds is 1. The van der Waals surface area contributed by atoms with Crippen molar-refractivity contribution in [1.29, 1.82) is 0 Å². The molecule has 2 atom stereocenters. The highest BCUT2D eigenvalue weighted by molar-refractivity contribution is 6.34. The van der Waals surface area contributed by atoms with Crippen molar-refractivity contribution in [2.75, 3.05) is 22.1 Å². The molecule has 2 aliphatic rings. The van der Waals surface area contributed by atoms with E-state index >= 15 is 0 Å². The van der Waals surface area contributed by atoms with E-state index in [1.807, 2.05) is 0 Å². The van der Waals surface area contributed by atoms with Crippen LogP contribution in [0.4, 0.5) is 30.4 Å². The summed E-state index contributed by atoms with van der Waals surface area (Å²) in [5, 5.41) is 6.28. The van der Waals surface area contributed by atoms with E-state index < -0.39 is 35.5 Å². The van der Waals surface area contributed by atoms with Crippen LogP contribution in [0.15, 0.2) is 30.3 Å². The summed E-state index contributed by atoms with van der Waals surface area (Å²) >= 11 is 6.18. The van der Waals surface area contributed by atoms with Crippen molar-refractivity contribution in [3.05, 3.63) is 46.6 Å². The maximum absolute atomic E-state index is 13.2. The van der Waals surface area contributed by atoms with Gasteiger partial charge in [0.2, 0.25) is 11.8 Å². The third-order valence-electron chi connectivity index (χ3n) is 5.03. The fourth-order valence-electron chi connectivity index (χ4n) is 3.77. The first-order valence-electron chi connectivity index (χ1n) is 8.86. The van der Waals surface area contributed by atoms with Gasteiger partial charge in [-0.15, -0.1) is 0 Å². The molecule has 0 saturated carbocycles. The summed E-state index contributed by atoms with van der Waals surface area (Å²) in [7, 11) is 0. The second-order valence-corrected chi connectivity index (χ2v) is 7.47. The first-order chi connectivity index (χ1) is 13.6. The molecule has 2 aromatic rings. The number of nitrogens with one attached hydrogen (secondary N) is 2. The molecule has 0 bridgehead atoms. The predicted octanol–water partition coefficient (Wildman–Crippen LogP) is 3.85. The smallest absolute Gasteiger partial charge is 0.382 e. The van der Waals surface area contributed by atoms with Gasteiger partial charge in [0.15, 0.2) is 0 Å². The van der Waals surface area contributed by atoms with Crippen LogP contribution in [-0.4, -0.2) is 29.4 Å². The van der Waals surface area contributed by atoms with Crippen molar-refractivity contribution in [2.45, 2.75) is 25.6 Å². The van der Waals surface area contributed by atoms with Gasteiger partial charge in [-0.1, -0.05) is 17.7 Å². The Balaban J connectivity index is 1.75. The highest BCUT2D eigenvalue weighted by Gasteiger charge is 2.47. The number of carbonyl (C=O) groups is 2. The second kappa shape index (κ2) is 6.91. The summed E-state index contributed by atoms with van der Waals surface area (Å²) in [6.07, 6.45) is -4.59. The molecule has 1 fully saturated rings. The Morgan fingerprint density at radius 3 is 2.72 bits per heavy atom. The number of aromatic nitrogens is 1. The number of amides is 2. The molecule has 2 amide bonds. The molecular weight excluding hydrogens is 409 g/mol. The van der Waals surface area contributed by atoms with E-state index in [2.05, 4.69) is 15.6 Å².